The molecule has 2 aromatic carbocycles. The molecule has 1 unspecified atom stereocenters. The molecule has 0 saturated heterocycles. The molecule has 0 radical (unpaired) electrons. The summed E-state index contributed by atoms with van der Waals surface area (Å²) in [4.78, 5) is 47.1. The summed E-state index contributed by atoms with van der Waals surface area (Å²) in [6.07, 6.45) is 6.57. The van der Waals surface area contributed by atoms with Crippen molar-refractivity contribution in [3.8, 4) is 5.75 Å². The molecule has 1 aliphatic heterocycles. The van der Waals surface area contributed by atoms with E-state index in [9.17, 15) is 14.4 Å². The minimum absolute atomic E-state index is 0.0415. The van der Waals surface area contributed by atoms with Crippen molar-refractivity contribution in [1.82, 2.24) is 14.9 Å². The summed E-state index contributed by atoms with van der Waals surface area (Å²) in [6.45, 7) is 7.34. The van der Waals surface area contributed by atoms with Gasteiger partial charge in [0.1, 0.15) is 11.2 Å². The maximum Gasteiger partial charge on any atom is 0.294 e. The highest BCUT2D eigenvalue weighted by Gasteiger charge is 2.45. The van der Waals surface area contributed by atoms with E-state index < -0.39 is 5.41 Å². The third-order valence-electron chi connectivity index (χ3n) is 8.82. The average Bonchev–Trinajstić information content (AvgIpc) is 3.55. The smallest absolute Gasteiger partial charge is 0.294 e. The molecule has 5 aromatic rings. The number of benzene rings is 2. The monoisotopic (exact) mass is 621 g/mol. The number of rotatable bonds is 11. The van der Waals surface area contributed by atoms with Crippen molar-refractivity contribution in [2.75, 3.05) is 36.5 Å². The van der Waals surface area contributed by atoms with Crippen molar-refractivity contribution < 1.29 is 18.7 Å². The number of anilines is 2. The molecule has 1 N–H and O–H groups in total. The lowest BCUT2D eigenvalue weighted by Crippen LogP contribution is -2.47. The van der Waals surface area contributed by atoms with Crippen LogP contribution in [0.1, 0.15) is 45.2 Å². The van der Waals surface area contributed by atoms with Crippen molar-refractivity contribution in [2.24, 2.45) is 5.41 Å². The highest BCUT2D eigenvalue weighted by atomic mass is 16.5. The van der Waals surface area contributed by atoms with E-state index in [0.717, 1.165) is 28.3 Å². The Bertz CT molecular complexity index is 1960. The zero-order valence-electron chi connectivity index (χ0n) is 26.7. The van der Waals surface area contributed by atoms with E-state index in [0.29, 0.717) is 55.4 Å². The van der Waals surface area contributed by atoms with Gasteiger partial charge in [0.05, 0.1) is 29.8 Å². The Labute approximate surface area is 267 Å². The number of carbonyl (C=O) groups is 2. The molecule has 0 saturated carbocycles. The van der Waals surface area contributed by atoms with Gasteiger partial charge in [0.2, 0.25) is 11.8 Å². The largest absolute Gasteiger partial charge is 0.493 e. The number of carbonyl (C=O) groups excluding carboxylic acids is 2. The zero-order chi connectivity index (χ0) is 32.4. The first-order valence-corrected chi connectivity index (χ1v) is 15.7. The third kappa shape index (κ3) is 5.76. The lowest BCUT2D eigenvalue weighted by Gasteiger charge is -2.27. The predicted octanol–water partition coefficient (Wildman–Crippen LogP) is 5.69. The average molecular weight is 622 g/mol. The third-order valence-corrected chi connectivity index (χ3v) is 8.82. The number of hydrogen-bond acceptors (Lipinski definition) is 7. The van der Waals surface area contributed by atoms with Gasteiger partial charge in [-0.05, 0) is 82.1 Å². The SMILES string of the molecule is CCN1C(=O)C(C)(C)C(=O)N(C)c2cc(OCCCNC(CCn3ccc4ccoc4c3=O)c3ccnc4ccccc34)ccc21. The number of aryl methyl sites for hydroxylation is 1. The van der Waals surface area contributed by atoms with Gasteiger partial charge in [0.25, 0.3) is 5.56 Å². The van der Waals surface area contributed by atoms with Crippen LogP contribution in [0.15, 0.2) is 88.5 Å². The topological polar surface area (TPSA) is 110 Å². The quantitative estimate of drug-likeness (QED) is 0.149. The van der Waals surface area contributed by atoms with Crippen molar-refractivity contribution in [2.45, 2.75) is 46.2 Å². The second-order valence-corrected chi connectivity index (χ2v) is 12.1. The lowest BCUT2D eigenvalue weighted by atomic mass is 9.90. The first-order chi connectivity index (χ1) is 22.2. The molecule has 10 heteroatoms. The van der Waals surface area contributed by atoms with Gasteiger partial charge in [-0.25, -0.2) is 0 Å². The number of amides is 2. The first kappa shape index (κ1) is 31.0. The van der Waals surface area contributed by atoms with Gasteiger partial charge < -0.3 is 28.8 Å². The summed E-state index contributed by atoms with van der Waals surface area (Å²) >= 11 is 0. The number of hydrogen-bond donors (Lipinski definition) is 1. The maximum atomic E-state index is 13.2. The summed E-state index contributed by atoms with van der Waals surface area (Å²) in [6, 6.07) is 19.3. The van der Waals surface area contributed by atoms with E-state index in [1.807, 2.05) is 67.8 Å². The number of fused-ring (bicyclic) bond motifs is 3. The van der Waals surface area contributed by atoms with E-state index in [1.165, 1.54) is 6.26 Å². The molecule has 0 spiro atoms. The van der Waals surface area contributed by atoms with Gasteiger partial charge in [-0.15, -0.1) is 0 Å². The van der Waals surface area contributed by atoms with Gasteiger partial charge >= 0.3 is 0 Å². The molecule has 6 rings (SSSR count). The van der Waals surface area contributed by atoms with Crippen molar-refractivity contribution in [3.05, 3.63) is 95.2 Å². The van der Waals surface area contributed by atoms with Crippen molar-refractivity contribution in [3.63, 3.8) is 0 Å². The van der Waals surface area contributed by atoms with Crippen LogP contribution in [0.2, 0.25) is 0 Å². The normalized spacial score (nSPS) is 15.3. The highest BCUT2D eigenvalue weighted by Crippen LogP contribution is 2.40. The van der Waals surface area contributed by atoms with Crippen LogP contribution in [0.4, 0.5) is 11.4 Å². The number of pyridine rings is 2. The molecular formula is C36H39N5O5. The van der Waals surface area contributed by atoms with Gasteiger partial charge in [-0.3, -0.25) is 19.4 Å². The molecule has 1 atom stereocenters. The molecule has 0 fully saturated rings. The van der Waals surface area contributed by atoms with Crippen LogP contribution in [-0.2, 0) is 16.1 Å². The van der Waals surface area contributed by atoms with Crippen LogP contribution < -0.4 is 25.4 Å². The van der Waals surface area contributed by atoms with Crippen LogP contribution >= 0.6 is 0 Å². The fourth-order valence-corrected chi connectivity index (χ4v) is 6.24. The molecule has 0 bridgehead atoms. The maximum absolute atomic E-state index is 13.2. The summed E-state index contributed by atoms with van der Waals surface area (Å²) in [7, 11) is 1.70. The van der Waals surface area contributed by atoms with E-state index in [2.05, 4.69) is 16.4 Å². The van der Waals surface area contributed by atoms with Crippen molar-refractivity contribution in [1.29, 1.82) is 0 Å². The first-order valence-electron chi connectivity index (χ1n) is 15.7. The number of furan rings is 1. The summed E-state index contributed by atoms with van der Waals surface area (Å²) in [5, 5.41) is 5.55. The van der Waals surface area contributed by atoms with Gasteiger partial charge in [0.15, 0.2) is 5.58 Å². The van der Waals surface area contributed by atoms with Gasteiger partial charge in [0, 0.05) is 55.4 Å². The molecule has 238 valence electrons. The minimum atomic E-state index is -1.16. The number of nitrogens with one attached hydrogen (secondary N) is 1. The Hall–Kier alpha value is -4.96. The fourth-order valence-electron chi connectivity index (χ4n) is 6.24. The van der Waals surface area contributed by atoms with Crippen LogP contribution in [0.3, 0.4) is 0 Å². The molecule has 1 aliphatic rings. The molecule has 3 aromatic heterocycles. The van der Waals surface area contributed by atoms with Gasteiger partial charge in [-0.2, -0.15) is 0 Å². The van der Waals surface area contributed by atoms with Crippen LogP contribution in [0.5, 0.6) is 5.75 Å². The lowest BCUT2D eigenvalue weighted by molar-refractivity contribution is -0.137. The number of ether oxygens (including phenoxy) is 1. The molecule has 4 heterocycles. The molecular weight excluding hydrogens is 582 g/mol. The van der Waals surface area contributed by atoms with Gasteiger partial charge in [-0.1, -0.05) is 18.2 Å². The zero-order valence-corrected chi connectivity index (χ0v) is 26.7. The number of nitrogens with zero attached hydrogens (tertiary/aromatic N) is 4. The Morgan fingerprint density at radius 3 is 2.65 bits per heavy atom. The van der Waals surface area contributed by atoms with Crippen LogP contribution in [0, 0.1) is 5.41 Å². The Morgan fingerprint density at radius 2 is 1.83 bits per heavy atom. The summed E-state index contributed by atoms with van der Waals surface area (Å²) < 4.78 is 13.3. The molecule has 0 aliphatic carbocycles. The summed E-state index contributed by atoms with van der Waals surface area (Å²) in [5.74, 6) is 0.163. The molecule has 10 nitrogen and oxygen atoms in total. The number of para-hydroxylation sites is 1. The Kier molecular flexibility index (Phi) is 8.64. The number of aromatic nitrogens is 2. The molecule has 2 amide bonds. The van der Waals surface area contributed by atoms with Crippen LogP contribution in [0.25, 0.3) is 21.9 Å². The van der Waals surface area contributed by atoms with E-state index in [1.54, 1.807) is 41.3 Å². The highest BCUT2D eigenvalue weighted by molar-refractivity contribution is 6.20. The van der Waals surface area contributed by atoms with Crippen molar-refractivity contribution >= 4 is 45.1 Å². The van der Waals surface area contributed by atoms with Crippen LogP contribution in [-0.4, -0.2) is 48.1 Å². The second kappa shape index (κ2) is 12.8. The predicted molar refractivity (Wildman–Crippen MR) is 179 cm³/mol. The Morgan fingerprint density at radius 1 is 1.00 bits per heavy atom. The fraction of sp³-hybridized carbons (Fsp3) is 0.333. The minimum Gasteiger partial charge on any atom is -0.493 e. The summed E-state index contributed by atoms with van der Waals surface area (Å²) in [5.41, 5.74) is 2.45. The Balaban J connectivity index is 1.14. The van der Waals surface area contributed by atoms with E-state index >= 15 is 0 Å². The molecule has 46 heavy (non-hydrogen) atoms. The second-order valence-electron chi connectivity index (χ2n) is 12.1. The standard InChI is InChI=1S/C36H39N5O5/c1-5-41-30-12-11-25(23-31(30)39(4)34(43)36(2,3)35(41)44)45-21-8-17-37-29(27-13-18-38-28-10-7-6-9-26(27)28)15-20-40-19-14-24-16-22-46-32(24)33(40)42/h6-7,9-14,16,18-19,22-23,29,37H,5,8,15,17,20-21H2,1-4H3. The van der Waals surface area contributed by atoms with E-state index in [-0.39, 0.29) is 23.4 Å². The van der Waals surface area contributed by atoms with E-state index in [4.69, 9.17) is 9.15 Å².